The Morgan fingerprint density at radius 2 is 1.25 bits per heavy atom. The summed E-state index contributed by atoms with van der Waals surface area (Å²) in [5.74, 6) is 0. The van der Waals surface area contributed by atoms with Crippen LogP contribution in [0.25, 0.3) is 0 Å². The molecule has 0 radical (unpaired) electrons. The van der Waals surface area contributed by atoms with E-state index in [2.05, 4.69) is 13.8 Å². The first-order chi connectivity index (χ1) is 5.72. The van der Waals surface area contributed by atoms with Gasteiger partial charge in [-0.05, 0) is 12.1 Å². The molecule has 1 aromatic rings. The molecule has 0 heterocycles. The van der Waals surface area contributed by atoms with Crippen molar-refractivity contribution in [1.82, 2.24) is 0 Å². The number of rotatable bonds is 1. The van der Waals surface area contributed by atoms with Gasteiger partial charge in [0.1, 0.15) is 0 Å². The van der Waals surface area contributed by atoms with Crippen LogP contribution in [0.3, 0.4) is 0 Å². The van der Waals surface area contributed by atoms with E-state index >= 15 is 0 Å². The lowest BCUT2D eigenvalue weighted by Crippen LogP contribution is -1.91. The molecule has 0 unspecified atom stereocenters. The second kappa shape index (κ2) is 6.53. The van der Waals surface area contributed by atoms with Crippen molar-refractivity contribution < 1.29 is 0 Å². The lowest BCUT2D eigenvalue weighted by molar-refractivity contribution is 0.886. The van der Waals surface area contributed by atoms with Gasteiger partial charge in [-0.1, -0.05) is 38.8 Å². The average Bonchev–Trinajstić information content (AvgIpc) is 2.11. The lowest BCUT2D eigenvalue weighted by atomic mass is 10.3. The van der Waals surface area contributed by atoms with Gasteiger partial charge >= 0.3 is 0 Å². The molecule has 0 fully saturated rings. The van der Waals surface area contributed by atoms with Gasteiger partial charge in [0, 0.05) is 0 Å². The number of para-hydroxylation sites is 2. The first-order valence-corrected chi connectivity index (χ1v) is 4.32. The molecule has 1 aromatic carbocycles. The molecule has 0 aliphatic carbocycles. The summed E-state index contributed by atoms with van der Waals surface area (Å²) in [5.41, 5.74) is 12.1. The second-order valence-corrected chi connectivity index (χ2v) is 2.63. The molecule has 0 aliphatic heterocycles. The second-order valence-electron chi connectivity index (χ2n) is 2.63. The molecule has 0 spiro atoms. The van der Waals surface area contributed by atoms with Crippen LogP contribution in [0.2, 0.25) is 0 Å². The van der Waals surface area contributed by atoms with Crippen LogP contribution in [-0.4, -0.2) is 0 Å². The van der Waals surface area contributed by atoms with Crippen molar-refractivity contribution in [3.63, 3.8) is 0 Å². The molecule has 0 bridgehead atoms. The number of nitrogens with two attached hydrogens (primary N) is 2. The third kappa shape index (κ3) is 4.61. The Kier molecular flexibility index (Phi) is 5.88. The molecule has 0 atom stereocenters. The Labute approximate surface area is 74.6 Å². The third-order valence-electron chi connectivity index (χ3n) is 1.50. The van der Waals surface area contributed by atoms with Crippen molar-refractivity contribution >= 4 is 11.4 Å². The average molecular weight is 166 g/mol. The maximum atomic E-state index is 5.39. The number of hydrogen-bond acceptors (Lipinski definition) is 2. The molecule has 2 nitrogen and oxygen atoms in total. The number of nitrogen functional groups attached to an aromatic ring is 2. The summed E-state index contributed by atoms with van der Waals surface area (Å²) < 4.78 is 0. The highest BCUT2D eigenvalue weighted by atomic mass is 14.7. The monoisotopic (exact) mass is 166 g/mol. The van der Waals surface area contributed by atoms with Gasteiger partial charge in [-0.15, -0.1) is 0 Å². The minimum Gasteiger partial charge on any atom is -0.397 e. The third-order valence-corrected chi connectivity index (χ3v) is 1.50. The quantitative estimate of drug-likeness (QED) is 0.630. The van der Waals surface area contributed by atoms with E-state index < -0.39 is 0 Å². The summed E-state index contributed by atoms with van der Waals surface area (Å²) >= 11 is 0. The van der Waals surface area contributed by atoms with Gasteiger partial charge in [0.05, 0.1) is 11.4 Å². The van der Waals surface area contributed by atoms with Crippen LogP contribution in [0, 0.1) is 0 Å². The van der Waals surface area contributed by atoms with E-state index in [1.165, 1.54) is 12.8 Å². The predicted octanol–water partition coefficient (Wildman–Crippen LogP) is 2.66. The van der Waals surface area contributed by atoms with Crippen molar-refractivity contribution in [3.05, 3.63) is 24.3 Å². The maximum absolute atomic E-state index is 5.39. The van der Waals surface area contributed by atoms with Crippen LogP contribution >= 0.6 is 0 Å². The Morgan fingerprint density at radius 1 is 0.917 bits per heavy atom. The Balaban J connectivity index is 0.000000261. The van der Waals surface area contributed by atoms with Crippen molar-refractivity contribution in [2.45, 2.75) is 26.7 Å². The largest absolute Gasteiger partial charge is 0.397 e. The van der Waals surface area contributed by atoms with Crippen LogP contribution in [0.4, 0.5) is 11.4 Å². The molecule has 68 valence electrons. The molecule has 12 heavy (non-hydrogen) atoms. The normalized spacial score (nSPS) is 8.50. The molecule has 0 aromatic heterocycles. The minimum absolute atomic E-state index is 0.646. The van der Waals surface area contributed by atoms with Gasteiger partial charge in [0.15, 0.2) is 0 Å². The summed E-state index contributed by atoms with van der Waals surface area (Å²) in [6.07, 6.45) is 2.64. The van der Waals surface area contributed by atoms with Gasteiger partial charge in [-0.2, -0.15) is 0 Å². The summed E-state index contributed by atoms with van der Waals surface area (Å²) in [6, 6.07) is 7.25. The van der Waals surface area contributed by atoms with Gasteiger partial charge < -0.3 is 11.5 Å². The fraction of sp³-hybridized carbons (Fsp3) is 0.400. The molecule has 0 saturated carbocycles. The van der Waals surface area contributed by atoms with E-state index in [4.69, 9.17) is 11.5 Å². The molecule has 0 aliphatic rings. The number of unbranched alkanes of at least 4 members (excludes halogenated alkanes) is 1. The van der Waals surface area contributed by atoms with E-state index in [0.29, 0.717) is 11.4 Å². The Morgan fingerprint density at radius 3 is 1.42 bits per heavy atom. The van der Waals surface area contributed by atoms with E-state index in [1.807, 2.05) is 12.1 Å². The fourth-order valence-electron chi connectivity index (χ4n) is 0.511. The van der Waals surface area contributed by atoms with Crippen LogP contribution in [0.5, 0.6) is 0 Å². The summed E-state index contributed by atoms with van der Waals surface area (Å²) in [6.45, 7) is 4.36. The highest BCUT2D eigenvalue weighted by Gasteiger charge is 1.85. The number of benzene rings is 1. The highest BCUT2D eigenvalue weighted by Crippen LogP contribution is 2.10. The smallest absolute Gasteiger partial charge is 0.0547 e. The molecular formula is C10H18N2. The van der Waals surface area contributed by atoms with E-state index in [9.17, 15) is 0 Å². The molecule has 1 rings (SSSR count). The molecule has 0 saturated heterocycles. The first kappa shape index (κ1) is 10.8. The molecule has 4 N–H and O–H groups in total. The van der Waals surface area contributed by atoms with Crippen LogP contribution < -0.4 is 11.5 Å². The summed E-state index contributed by atoms with van der Waals surface area (Å²) in [7, 11) is 0. The number of hydrogen-bond donors (Lipinski definition) is 2. The SMILES string of the molecule is CCCC.Nc1ccccc1N. The topological polar surface area (TPSA) is 52.0 Å². The Hall–Kier alpha value is -1.18. The zero-order chi connectivity index (χ0) is 9.40. The van der Waals surface area contributed by atoms with E-state index in [1.54, 1.807) is 12.1 Å². The molecule has 0 amide bonds. The molecular weight excluding hydrogens is 148 g/mol. The van der Waals surface area contributed by atoms with Gasteiger partial charge in [-0.25, -0.2) is 0 Å². The zero-order valence-corrected chi connectivity index (χ0v) is 7.88. The summed E-state index contributed by atoms with van der Waals surface area (Å²) in [4.78, 5) is 0. The Bertz CT molecular complexity index is 186. The van der Waals surface area contributed by atoms with Crippen molar-refractivity contribution in [3.8, 4) is 0 Å². The minimum atomic E-state index is 0.646. The molecule has 2 heteroatoms. The highest BCUT2D eigenvalue weighted by molar-refractivity contribution is 5.62. The van der Waals surface area contributed by atoms with E-state index in [-0.39, 0.29) is 0 Å². The van der Waals surface area contributed by atoms with Crippen LogP contribution in [0.1, 0.15) is 26.7 Å². The van der Waals surface area contributed by atoms with E-state index in [0.717, 1.165) is 0 Å². The van der Waals surface area contributed by atoms with Crippen LogP contribution in [0.15, 0.2) is 24.3 Å². The maximum Gasteiger partial charge on any atom is 0.0547 e. The first-order valence-electron chi connectivity index (χ1n) is 4.32. The van der Waals surface area contributed by atoms with Gasteiger partial charge in [-0.3, -0.25) is 0 Å². The van der Waals surface area contributed by atoms with Crippen molar-refractivity contribution in [1.29, 1.82) is 0 Å². The van der Waals surface area contributed by atoms with Gasteiger partial charge in [0.2, 0.25) is 0 Å². The summed E-state index contributed by atoms with van der Waals surface area (Å²) in [5, 5.41) is 0. The predicted molar refractivity (Wildman–Crippen MR) is 55.8 cm³/mol. The lowest BCUT2D eigenvalue weighted by Gasteiger charge is -1.94. The fourth-order valence-corrected chi connectivity index (χ4v) is 0.511. The van der Waals surface area contributed by atoms with Crippen molar-refractivity contribution in [2.75, 3.05) is 11.5 Å². The standard InChI is InChI=1S/C6H8N2.C4H10/c7-5-3-1-2-4-6(5)8;1-3-4-2/h1-4H,7-8H2;3-4H2,1-2H3. The van der Waals surface area contributed by atoms with Crippen LogP contribution in [-0.2, 0) is 0 Å². The van der Waals surface area contributed by atoms with Gasteiger partial charge in [0.25, 0.3) is 0 Å². The number of anilines is 2. The van der Waals surface area contributed by atoms with Crippen molar-refractivity contribution in [2.24, 2.45) is 0 Å². The zero-order valence-electron chi connectivity index (χ0n) is 7.88.